The Balaban J connectivity index is 1.58. The second kappa shape index (κ2) is 8.70. The van der Waals surface area contributed by atoms with Crippen molar-refractivity contribution in [3.63, 3.8) is 0 Å². The highest BCUT2D eigenvalue weighted by molar-refractivity contribution is 6.05. The van der Waals surface area contributed by atoms with Gasteiger partial charge in [0.1, 0.15) is 5.82 Å². The van der Waals surface area contributed by atoms with Gasteiger partial charge < -0.3 is 9.80 Å². The molecule has 3 aromatic rings. The Hall–Kier alpha value is -3.14. The second-order valence-electron chi connectivity index (χ2n) is 7.17. The largest absolute Gasteiger partial charge is 0.357 e. The first kappa shape index (κ1) is 18.2. The van der Waals surface area contributed by atoms with Crippen molar-refractivity contribution in [1.82, 2.24) is 4.98 Å². The minimum Gasteiger partial charge on any atom is -0.357 e. The number of hydrogen-bond donors (Lipinski definition) is 0. The van der Waals surface area contributed by atoms with Crippen molar-refractivity contribution in [2.24, 2.45) is 0 Å². The molecule has 1 aliphatic rings. The van der Waals surface area contributed by atoms with Crippen molar-refractivity contribution in [2.45, 2.75) is 25.8 Å². The molecule has 0 radical (unpaired) electrons. The molecule has 0 N–H and O–H groups in total. The summed E-state index contributed by atoms with van der Waals surface area (Å²) in [6.45, 7) is 2.62. The lowest BCUT2D eigenvalue weighted by Crippen LogP contribution is -2.31. The van der Waals surface area contributed by atoms with E-state index in [4.69, 9.17) is 0 Å². The molecule has 0 saturated carbocycles. The third-order valence-corrected chi connectivity index (χ3v) is 5.17. The summed E-state index contributed by atoms with van der Waals surface area (Å²) in [5, 5.41) is 0. The Bertz CT molecular complexity index is 888. The Labute approximate surface area is 166 Å². The highest BCUT2D eigenvalue weighted by Crippen LogP contribution is 2.22. The zero-order valence-corrected chi connectivity index (χ0v) is 16.0. The molecule has 0 aliphatic carbocycles. The summed E-state index contributed by atoms with van der Waals surface area (Å²) < 4.78 is 0. The molecule has 142 valence electrons. The van der Waals surface area contributed by atoms with E-state index in [0.717, 1.165) is 30.2 Å². The van der Waals surface area contributed by atoms with E-state index in [0.29, 0.717) is 12.1 Å². The fourth-order valence-electron chi connectivity index (χ4n) is 3.63. The number of pyridine rings is 1. The van der Waals surface area contributed by atoms with Crippen molar-refractivity contribution in [3.05, 3.63) is 90.1 Å². The van der Waals surface area contributed by atoms with Gasteiger partial charge in [-0.15, -0.1) is 0 Å². The van der Waals surface area contributed by atoms with Gasteiger partial charge in [-0.2, -0.15) is 0 Å². The minimum atomic E-state index is -0.0345. The van der Waals surface area contributed by atoms with E-state index in [2.05, 4.69) is 9.88 Å². The number of nitrogens with zero attached hydrogens (tertiary/aromatic N) is 3. The predicted molar refractivity (Wildman–Crippen MR) is 114 cm³/mol. The number of rotatable bonds is 5. The fraction of sp³-hybridized carbons (Fsp3) is 0.250. The average Bonchev–Trinajstić information content (AvgIpc) is 2.79. The number of aromatic nitrogens is 1. The number of hydrogen-bond acceptors (Lipinski definition) is 3. The molecule has 0 spiro atoms. The molecular formula is C24H25N3O. The van der Waals surface area contributed by atoms with Gasteiger partial charge in [0.15, 0.2) is 0 Å². The van der Waals surface area contributed by atoms with Gasteiger partial charge in [-0.05, 0) is 49.1 Å². The van der Waals surface area contributed by atoms with Gasteiger partial charge >= 0.3 is 0 Å². The topological polar surface area (TPSA) is 36.4 Å². The standard InChI is InChI=1S/C24H25N3O/c28-24(21-14-15-23(25-18-21)26-16-8-3-9-17-26)27(22-12-6-2-7-13-22)19-20-10-4-1-5-11-20/h1-2,4-7,10-15,18H,3,8-9,16-17,19H2. The number of benzene rings is 2. The maximum atomic E-state index is 13.3. The van der Waals surface area contributed by atoms with Crippen molar-refractivity contribution < 1.29 is 4.79 Å². The van der Waals surface area contributed by atoms with Crippen LogP contribution >= 0.6 is 0 Å². The number of para-hydroxylation sites is 1. The lowest BCUT2D eigenvalue weighted by atomic mass is 10.1. The normalized spacial score (nSPS) is 13.9. The second-order valence-corrected chi connectivity index (χ2v) is 7.17. The smallest absolute Gasteiger partial charge is 0.260 e. The van der Waals surface area contributed by atoms with Crippen LogP contribution in [0.4, 0.5) is 11.5 Å². The molecule has 2 heterocycles. The number of piperidine rings is 1. The zero-order valence-electron chi connectivity index (χ0n) is 16.0. The summed E-state index contributed by atoms with van der Waals surface area (Å²) >= 11 is 0. The lowest BCUT2D eigenvalue weighted by molar-refractivity contribution is 0.0985. The third kappa shape index (κ3) is 4.22. The van der Waals surface area contributed by atoms with Gasteiger partial charge in [-0.3, -0.25) is 4.79 Å². The van der Waals surface area contributed by atoms with E-state index in [-0.39, 0.29) is 5.91 Å². The van der Waals surface area contributed by atoms with Crippen LogP contribution in [0.3, 0.4) is 0 Å². The zero-order chi connectivity index (χ0) is 19.2. The molecule has 1 amide bonds. The van der Waals surface area contributed by atoms with Crippen LogP contribution in [-0.2, 0) is 6.54 Å². The molecule has 0 atom stereocenters. The van der Waals surface area contributed by atoms with Crippen molar-refractivity contribution >= 4 is 17.4 Å². The number of carbonyl (C=O) groups excluding carboxylic acids is 1. The minimum absolute atomic E-state index is 0.0345. The fourth-order valence-corrected chi connectivity index (χ4v) is 3.63. The first-order valence-electron chi connectivity index (χ1n) is 9.93. The van der Waals surface area contributed by atoms with Gasteiger partial charge in [-0.25, -0.2) is 4.98 Å². The quantitative estimate of drug-likeness (QED) is 0.639. The Morgan fingerprint density at radius 1 is 0.857 bits per heavy atom. The maximum absolute atomic E-state index is 13.3. The van der Waals surface area contributed by atoms with E-state index in [1.165, 1.54) is 19.3 Å². The van der Waals surface area contributed by atoms with E-state index >= 15 is 0 Å². The van der Waals surface area contributed by atoms with Crippen LogP contribution in [0.5, 0.6) is 0 Å². The SMILES string of the molecule is O=C(c1ccc(N2CCCCC2)nc1)N(Cc1ccccc1)c1ccccc1. The third-order valence-electron chi connectivity index (χ3n) is 5.17. The monoisotopic (exact) mass is 371 g/mol. The summed E-state index contributed by atoms with van der Waals surface area (Å²) in [7, 11) is 0. The Morgan fingerprint density at radius 3 is 2.18 bits per heavy atom. The van der Waals surface area contributed by atoms with E-state index < -0.39 is 0 Å². The van der Waals surface area contributed by atoms with Crippen LogP contribution in [0, 0.1) is 0 Å². The summed E-state index contributed by atoms with van der Waals surface area (Å²) in [6.07, 6.45) is 5.42. The highest BCUT2D eigenvalue weighted by Gasteiger charge is 2.19. The molecule has 2 aromatic carbocycles. The number of carbonyl (C=O) groups is 1. The van der Waals surface area contributed by atoms with Crippen LogP contribution in [-0.4, -0.2) is 24.0 Å². The molecule has 0 unspecified atom stereocenters. The van der Waals surface area contributed by atoms with Crippen LogP contribution < -0.4 is 9.80 Å². The summed E-state index contributed by atoms with van der Waals surface area (Å²) in [6, 6.07) is 23.8. The molecule has 0 bridgehead atoms. The summed E-state index contributed by atoms with van der Waals surface area (Å²) in [5.74, 6) is 0.929. The average molecular weight is 371 g/mol. The Kier molecular flexibility index (Phi) is 5.66. The molecule has 4 nitrogen and oxygen atoms in total. The number of amides is 1. The summed E-state index contributed by atoms with van der Waals surface area (Å²) in [4.78, 5) is 22.0. The van der Waals surface area contributed by atoms with Crippen LogP contribution in [0.1, 0.15) is 35.2 Å². The molecule has 1 aromatic heterocycles. The van der Waals surface area contributed by atoms with Crippen molar-refractivity contribution in [3.8, 4) is 0 Å². The van der Waals surface area contributed by atoms with Gasteiger partial charge in [0.2, 0.25) is 0 Å². The van der Waals surface area contributed by atoms with Crippen molar-refractivity contribution in [1.29, 1.82) is 0 Å². The van der Waals surface area contributed by atoms with Crippen molar-refractivity contribution in [2.75, 3.05) is 22.9 Å². The van der Waals surface area contributed by atoms with Crippen LogP contribution in [0.2, 0.25) is 0 Å². The first-order chi connectivity index (χ1) is 13.8. The first-order valence-corrected chi connectivity index (χ1v) is 9.93. The van der Waals surface area contributed by atoms with Gasteiger partial charge in [0.25, 0.3) is 5.91 Å². The molecule has 1 fully saturated rings. The molecule has 28 heavy (non-hydrogen) atoms. The molecule has 4 rings (SSSR count). The maximum Gasteiger partial charge on any atom is 0.260 e. The van der Waals surface area contributed by atoms with E-state index in [1.807, 2.05) is 77.7 Å². The van der Waals surface area contributed by atoms with Gasteiger partial charge in [-0.1, -0.05) is 48.5 Å². The lowest BCUT2D eigenvalue weighted by Gasteiger charge is -2.28. The molecule has 1 saturated heterocycles. The molecule has 1 aliphatic heterocycles. The Morgan fingerprint density at radius 2 is 1.54 bits per heavy atom. The van der Waals surface area contributed by atoms with Crippen LogP contribution in [0.15, 0.2) is 79.0 Å². The predicted octanol–water partition coefficient (Wildman–Crippen LogP) is 4.92. The van der Waals surface area contributed by atoms with E-state index in [1.54, 1.807) is 6.20 Å². The van der Waals surface area contributed by atoms with Crippen LogP contribution in [0.25, 0.3) is 0 Å². The number of anilines is 2. The van der Waals surface area contributed by atoms with E-state index in [9.17, 15) is 4.79 Å². The van der Waals surface area contributed by atoms with Gasteiger partial charge in [0, 0.05) is 25.0 Å². The molecule has 4 heteroatoms. The molecular weight excluding hydrogens is 346 g/mol. The highest BCUT2D eigenvalue weighted by atomic mass is 16.2. The van der Waals surface area contributed by atoms with Gasteiger partial charge in [0.05, 0.1) is 12.1 Å². The summed E-state index contributed by atoms with van der Waals surface area (Å²) in [5.41, 5.74) is 2.59.